The van der Waals surface area contributed by atoms with Crippen LogP contribution in [-0.2, 0) is 0 Å². The fourth-order valence-electron chi connectivity index (χ4n) is 1.66. The van der Waals surface area contributed by atoms with Gasteiger partial charge in [-0.2, -0.15) is 0 Å². The van der Waals surface area contributed by atoms with Gasteiger partial charge in [0.1, 0.15) is 11.6 Å². The molecule has 0 aromatic heterocycles. The molecule has 0 aliphatic heterocycles. The molecule has 1 atom stereocenters. The molecule has 0 N–H and O–H groups in total. The van der Waals surface area contributed by atoms with E-state index >= 15 is 0 Å². The van der Waals surface area contributed by atoms with Crippen molar-refractivity contribution in [2.45, 2.75) is 13.0 Å². The Morgan fingerprint density at radius 1 is 1.10 bits per heavy atom. The maximum Gasteiger partial charge on any atom is 0.202 e. The topological polar surface area (TPSA) is 26.3 Å². The van der Waals surface area contributed by atoms with Gasteiger partial charge < -0.3 is 4.74 Å². The van der Waals surface area contributed by atoms with E-state index in [1.807, 2.05) is 0 Å². The van der Waals surface area contributed by atoms with E-state index in [1.165, 1.54) is 24.3 Å². The molecule has 0 saturated carbocycles. The summed E-state index contributed by atoms with van der Waals surface area (Å²) in [6.45, 7) is 1.62. The number of hydrogen-bond donors (Lipinski definition) is 0. The Labute approximate surface area is 126 Å². The van der Waals surface area contributed by atoms with E-state index in [9.17, 15) is 9.18 Å². The Balaban J connectivity index is 2.11. The summed E-state index contributed by atoms with van der Waals surface area (Å²) in [6, 6.07) is 10.1. The molecule has 0 spiro atoms. The fourth-order valence-corrected chi connectivity index (χ4v) is 1.94. The lowest BCUT2D eigenvalue weighted by atomic mass is 10.1. The molecule has 0 amide bonds. The molecule has 20 heavy (non-hydrogen) atoms. The first-order valence-corrected chi connectivity index (χ1v) is 6.64. The average Bonchev–Trinajstić information content (AvgIpc) is 2.43. The van der Waals surface area contributed by atoms with E-state index in [4.69, 9.17) is 27.9 Å². The number of carbonyl (C=O) groups excluding carboxylic acids is 1. The van der Waals surface area contributed by atoms with Gasteiger partial charge in [-0.05, 0) is 43.3 Å². The number of hydrogen-bond acceptors (Lipinski definition) is 2. The molecule has 0 saturated heterocycles. The molecule has 0 fully saturated rings. The maximum absolute atomic E-state index is 12.8. The van der Waals surface area contributed by atoms with Crippen LogP contribution in [0.3, 0.4) is 0 Å². The van der Waals surface area contributed by atoms with E-state index in [2.05, 4.69) is 0 Å². The van der Waals surface area contributed by atoms with Crippen LogP contribution in [0.15, 0.2) is 42.5 Å². The Hall–Kier alpha value is -1.58. The summed E-state index contributed by atoms with van der Waals surface area (Å²) in [6.07, 6.45) is -0.710. The third kappa shape index (κ3) is 3.50. The molecule has 0 aliphatic rings. The van der Waals surface area contributed by atoms with Gasteiger partial charge >= 0.3 is 0 Å². The Morgan fingerprint density at radius 3 is 2.35 bits per heavy atom. The first kappa shape index (κ1) is 14.8. The monoisotopic (exact) mass is 312 g/mol. The number of ketones is 1. The number of halogens is 3. The van der Waals surface area contributed by atoms with Crippen LogP contribution in [0.5, 0.6) is 5.75 Å². The maximum atomic E-state index is 12.8. The molecule has 2 aromatic rings. The Bertz CT molecular complexity index is 626. The highest BCUT2D eigenvalue weighted by Gasteiger charge is 2.17. The smallest absolute Gasteiger partial charge is 0.202 e. The Morgan fingerprint density at radius 2 is 1.75 bits per heavy atom. The van der Waals surface area contributed by atoms with Crippen molar-refractivity contribution >= 4 is 29.0 Å². The zero-order chi connectivity index (χ0) is 14.7. The first-order chi connectivity index (χ1) is 9.47. The van der Waals surface area contributed by atoms with Gasteiger partial charge in [-0.15, -0.1) is 0 Å². The van der Waals surface area contributed by atoms with Gasteiger partial charge in [0.25, 0.3) is 0 Å². The zero-order valence-electron chi connectivity index (χ0n) is 10.6. The minimum absolute atomic E-state index is 0.240. The van der Waals surface area contributed by atoms with E-state index in [1.54, 1.807) is 25.1 Å². The second-order valence-corrected chi connectivity index (χ2v) is 5.02. The quantitative estimate of drug-likeness (QED) is 0.759. The van der Waals surface area contributed by atoms with Crippen LogP contribution in [0.25, 0.3) is 0 Å². The lowest BCUT2D eigenvalue weighted by Crippen LogP contribution is -2.23. The summed E-state index contributed by atoms with van der Waals surface area (Å²) >= 11 is 11.7. The van der Waals surface area contributed by atoms with Crippen molar-refractivity contribution in [2.24, 2.45) is 0 Å². The van der Waals surface area contributed by atoms with Gasteiger partial charge in [0.2, 0.25) is 5.78 Å². The van der Waals surface area contributed by atoms with Crippen LogP contribution < -0.4 is 4.74 Å². The SMILES string of the molecule is CC(Oc1ccc(Cl)c(Cl)c1)C(=O)c1ccc(F)cc1. The minimum Gasteiger partial charge on any atom is -0.483 e. The van der Waals surface area contributed by atoms with Gasteiger partial charge in [-0.3, -0.25) is 4.79 Å². The predicted octanol–water partition coefficient (Wildman–Crippen LogP) is 4.78. The molecule has 2 aromatic carbocycles. The van der Waals surface area contributed by atoms with Crippen molar-refractivity contribution in [3.8, 4) is 5.75 Å². The third-order valence-electron chi connectivity index (χ3n) is 2.70. The molecule has 5 heteroatoms. The molecule has 0 heterocycles. The predicted molar refractivity (Wildman–Crippen MR) is 77.3 cm³/mol. The minimum atomic E-state index is -0.710. The van der Waals surface area contributed by atoms with E-state index in [0.29, 0.717) is 21.4 Å². The normalized spacial score (nSPS) is 12.0. The first-order valence-electron chi connectivity index (χ1n) is 5.89. The van der Waals surface area contributed by atoms with Gasteiger partial charge in [0, 0.05) is 11.6 Å². The molecule has 0 bridgehead atoms. The molecule has 2 nitrogen and oxygen atoms in total. The molecular weight excluding hydrogens is 302 g/mol. The second-order valence-electron chi connectivity index (χ2n) is 4.21. The van der Waals surface area contributed by atoms with Crippen LogP contribution in [-0.4, -0.2) is 11.9 Å². The van der Waals surface area contributed by atoms with Gasteiger partial charge in [-0.1, -0.05) is 23.2 Å². The second kappa shape index (κ2) is 6.25. The fraction of sp³-hybridized carbons (Fsp3) is 0.133. The van der Waals surface area contributed by atoms with Gasteiger partial charge in [0.15, 0.2) is 6.10 Å². The van der Waals surface area contributed by atoms with Gasteiger partial charge in [-0.25, -0.2) is 4.39 Å². The molecule has 0 aliphatic carbocycles. The number of carbonyl (C=O) groups is 1. The zero-order valence-corrected chi connectivity index (χ0v) is 12.1. The number of benzene rings is 2. The lowest BCUT2D eigenvalue weighted by Gasteiger charge is -2.14. The highest BCUT2D eigenvalue weighted by Crippen LogP contribution is 2.27. The van der Waals surface area contributed by atoms with Crippen molar-refractivity contribution in [3.63, 3.8) is 0 Å². The Kier molecular flexibility index (Phi) is 4.63. The number of ether oxygens (including phenoxy) is 1. The highest BCUT2D eigenvalue weighted by atomic mass is 35.5. The molecular formula is C15H11Cl2FO2. The van der Waals surface area contributed by atoms with Crippen molar-refractivity contribution in [1.82, 2.24) is 0 Å². The largest absolute Gasteiger partial charge is 0.483 e. The molecule has 104 valence electrons. The van der Waals surface area contributed by atoms with E-state index < -0.39 is 6.10 Å². The molecule has 0 radical (unpaired) electrons. The molecule has 1 unspecified atom stereocenters. The van der Waals surface area contributed by atoms with Crippen molar-refractivity contribution in [2.75, 3.05) is 0 Å². The summed E-state index contributed by atoms with van der Waals surface area (Å²) in [5, 5.41) is 0.766. The van der Waals surface area contributed by atoms with Gasteiger partial charge in [0.05, 0.1) is 10.0 Å². The lowest BCUT2D eigenvalue weighted by molar-refractivity contribution is 0.0818. The van der Waals surface area contributed by atoms with Crippen LogP contribution >= 0.6 is 23.2 Å². The van der Waals surface area contributed by atoms with E-state index in [-0.39, 0.29) is 11.6 Å². The average molecular weight is 313 g/mol. The van der Waals surface area contributed by atoms with Crippen molar-refractivity contribution < 1.29 is 13.9 Å². The van der Waals surface area contributed by atoms with Crippen LogP contribution in [0, 0.1) is 5.82 Å². The summed E-state index contributed by atoms with van der Waals surface area (Å²) in [4.78, 5) is 12.1. The third-order valence-corrected chi connectivity index (χ3v) is 3.44. The highest BCUT2D eigenvalue weighted by molar-refractivity contribution is 6.42. The van der Waals surface area contributed by atoms with Crippen LogP contribution in [0.1, 0.15) is 17.3 Å². The molecule has 2 rings (SSSR count). The summed E-state index contributed by atoms with van der Waals surface area (Å²) in [7, 11) is 0. The summed E-state index contributed by atoms with van der Waals surface area (Å²) < 4.78 is 18.3. The van der Waals surface area contributed by atoms with E-state index in [0.717, 1.165) is 0 Å². The number of Topliss-reactive ketones (excluding diaryl/α,β-unsaturated/α-hetero) is 1. The van der Waals surface area contributed by atoms with Crippen LogP contribution in [0.2, 0.25) is 10.0 Å². The standard InChI is InChI=1S/C15H11Cl2FO2/c1-9(15(19)10-2-4-11(18)5-3-10)20-12-6-7-13(16)14(17)8-12/h2-9H,1H3. The van der Waals surface area contributed by atoms with Crippen molar-refractivity contribution in [3.05, 3.63) is 63.9 Å². The summed E-state index contributed by atoms with van der Waals surface area (Å²) in [5.41, 5.74) is 0.388. The number of rotatable bonds is 4. The summed E-state index contributed by atoms with van der Waals surface area (Å²) in [5.74, 6) is -0.182. The van der Waals surface area contributed by atoms with Crippen molar-refractivity contribution in [1.29, 1.82) is 0 Å². The van der Waals surface area contributed by atoms with Crippen LogP contribution in [0.4, 0.5) is 4.39 Å².